The monoisotopic (exact) mass is 180 g/mol. The van der Waals surface area contributed by atoms with Gasteiger partial charge in [-0.15, -0.1) is 0 Å². The molecule has 1 rings (SSSR count). The number of hydrogen-bond acceptors (Lipinski definition) is 4. The summed E-state index contributed by atoms with van der Waals surface area (Å²) in [7, 11) is 1.53. The summed E-state index contributed by atoms with van der Waals surface area (Å²) >= 11 is 0. The van der Waals surface area contributed by atoms with Crippen LogP contribution in [-0.2, 0) is 0 Å². The molecule has 0 unspecified atom stereocenters. The van der Waals surface area contributed by atoms with E-state index in [1.54, 1.807) is 0 Å². The van der Waals surface area contributed by atoms with Crippen LogP contribution in [0.2, 0.25) is 0 Å². The molecule has 0 radical (unpaired) electrons. The number of hydrogen-bond donors (Lipinski definition) is 0. The second-order valence-electron chi connectivity index (χ2n) is 2.97. The molecule has 1 aromatic heterocycles. The largest absolute Gasteiger partial charge is 0.494 e. The van der Waals surface area contributed by atoms with Gasteiger partial charge in [0, 0.05) is 5.92 Å². The van der Waals surface area contributed by atoms with Crippen molar-refractivity contribution < 1.29 is 9.53 Å². The van der Waals surface area contributed by atoms with Gasteiger partial charge in [0.1, 0.15) is 0 Å². The number of Topliss-reactive ketones (excluding diaryl/α,β-unsaturated/α-hetero) is 1. The molecule has 0 saturated heterocycles. The highest BCUT2D eigenvalue weighted by Crippen LogP contribution is 2.07. The Morgan fingerprint density at radius 3 is 2.31 bits per heavy atom. The quantitative estimate of drug-likeness (QED) is 0.658. The maximum absolute atomic E-state index is 11.4. The number of rotatable bonds is 3. The third kappa shape index (κ3) is 2.24. The fourth-order valence-electron chi connectivity index (χ4n) is 0.807. The standard InChI is InChI=1S/C9H12N2O2/c1-6(2)8(12)9-10-4-7(13-3)5-11-9/h4-6H,1-3H3. The van der Waals surface area contributed by atoms with Gasteiger partial charge in [0.2, 0.25) is 5.78 Å². The Morgan fingerprint density at radius 1 is 1.38 bits per heavy atom. The van der Waals surface area contributed by atoms with E-state index in [1.807, 2.05) is 13.8 Å². The van der Waals surface area contributed by atoms with E-state index in [1.165, 1.54) is 19.5 Å². The van der Waals surface area contributed by atoms with E-state index in [0.717, 1.165) is 0 Å². The van der Waals surface area contributed by atoms with Crippen molar-refractivity contribution >= 4 is 5.78 Å². The molecule has 4 nitrogen and oxygen atoms in total. The zero-order valence-corrected chi connectivity index (χ0v) is 7.94. The van der Waals surface area contributed by atoms with Gasteiger partial charge in [-0.05, 0) is 0 Å². The van der Waals surface area contributed by atoms with Crippen LogP contribution in [0.4, 0.5) is 0 Å². The van der Waals surface area contributed by atoms with Crippen LogP contribution >= 0.6 is 0 Å². The van der Waals surface area contributed by atoms with Crippen LogP contribution in [0.25, 0.3) is 0 Å². The normalized spacial score (nSPS) is 10.2. The first-order valence-electron chi connectivity index (χ1n) is 4.05. The molecule has 0 spiro atoms. The van der Waals surface area contributed by atoms with Crippen molar-refractivity contribution in [2.24, 2.45) is 5.92 Å². The van der Waals surface area contributed by atoms with Gasteiger partial charge in [-0.2, -0.15) is 0 Å². The Labute approximate surface area is 77.0 Å². The molecule has 0 aliphatic rings. The molecule has 1 aromatic rings. The lowest BCUT2D eigenvalue weighted by atomic mass is 10.1. The van der Waals surface area contributed by atoms with E-state index in [2.05, 4.69) is 9.97 Å². The van der Waals surface area contributed by atoms with Gasteiger partial charge in [0.05, 0.1) is 19.5 Å². The van der Waals surface area contributed by atoms with Crippen molar-refractivity contribution in [2.75, 3.05) is 7.11 Å². The average molecular weight is 180 g/mol. The van der Waals surface area contributed by atoms with E-state index in [0.29, 0.717) is 5.75 Å². The van der Waals surface area contributed by atoms with Gasteiger partial charge in [-0.25, -0.2) is 9.97 Å². The molecule has 1 heterocycles. The molecular weight excluding hydrogens is 168 g/mol. The molecule has 0 fully saturated rings. The van der Waals surface area contributed by atoms with Crippen LogP contribution in [0.3, 0.4) is 0 Å². The molecule has 70 valence electrons. The third-order valence-corrected chi connectivity index (χ3v) is 1.61. The van der Waals surface area contributed by atoms with E-state index in [-0.39, 0.29) is 17.5 Å². The molecule has 0 saturated carbocycles. The van der Waals surface area contributed by atoms with Crippen LogP contribution < -0.4 is 4.74 Å². The molecule has 0 aliphatic carbocycles. The smallest absolute Gasteiger partial charge is 0.202 e. The lowest BCUT2D eigenvalue weighted by molar-refractivity contribution is 0.0928. The Balaban J connectivity index is 2.86. The summed E-state index contributed by atoms with van der Waals surface area (Å²) < 4.78 is 4.87. The number of methoxy groups -OCH3 is 1. The van der Waals surface area contributed by atoms with Crippen molar-refractivity contribution in [1.82, 2.24) is 9.97 Å². The first-order valence-corrected chi connectivity index (χ1v) is 4.05. The zero-order chi connectivity index (χ0) is 9.84. The lowest BCUT2D eigenvalue weighted by Gasteiger charge is -2.02. The van der Waals surface area contributed by atoms with Crippen LogP contribution in [0, 0.1) is 5.92 Å². The topological polar surface area (TPSA) is 52.1 Å². The molecule has 0 aliphatic heterocycles. The number of ketones is 1. The summed E-state index contributed by atoms with van der Waals surface area (Å²) in [6, 6.07) is 0. The molecular formula is C9H12N2O2. The highest BCUT2D eigenvalue weighted by Gasteiger charge is 2.12. The first-order chi connectivity index (χ1) is 6.15. The summed E-state index contributed by atoms with van der Waals surface area (Å²) in [6.45, 7) is 3.63. The number of carbonyl (C=O) groups excluding carboxylic acids is 1. The van der Waals surface area contributed by atoms with Crippen molar-refractivity contribution in [3.63, 3.8) is 0 Å². The SMILES string of the molecule is COc1cnc(C(=O)C(C)C)nc1. The Hall–Kier alpha value is -1.45. The number of aromatic nitrogens is 2. The summed E-state index contributed by atoms with van der Waals surface area (Å²) in [6.07, 6.45) is 2.98. The van der Waals surface area contributed by atoms with Crippen LogP contribution in [0.15, 0.2) is 12.4 Å². The number of carbonyl (C=O) groups is 1. The van der Waals surface area contributed by atoms with E-state index < -0.39 is 0 Å². The Morgan fingerprint density at radius 2 is 1.92 bits per heavy atom. The molecule has 0 aromatic carbocycles. The summed E-state index contributed by atoms with van der Waals surface area (Å²) in [4.78, 5) is 19.1. The van der Waals surface area contributed by atoms with Crippen molar-refractivity contribution in [3.05, 3.63) is 18.2 Å². The second kappa shape index (κ2) is 3.98. The highest BCUT2D eigenvalue weighted by molar-refractivity contribution is 5.93. The van der Waals surface area contributed by atoms with E-state index in [4.69, 9.17) is 4.74 Å². The molecule has 0 amide bonds. The van der Waals surface area contributed by atoms with Crippen LogP contribution in [-0.4, -0.2) is 22.9 Å². The Kier molecular flexibility index (Phi) is 2.95. The van der Waals surface area contributed by atoms with Crippen molar-refractivity contribution in [1.29, 1.82) is 0 Å². The highest BCUT2D eigenvalue weighted by atomic mass is 16.5. The van der Waals surface area contributed by atoms with Crippen molar-refractivity contribution in [3.8, 4) is 5.75 Å². The fraction of sp³-hybridized carbons (Fsp3) is 0.444. The average Bonchev–Trinajstić information content (AvgIpc) is 2.17. The summed E-state index contributed by atoms with van der Waals surface area (Å²) in [5, 5.41) is 0. The minimum Gasteiger partial charge on any atom is -0.494 e. The van der Waals surface area contributed by atoms with Crippen LogP contribution in [0.1, 0.15) is 24.5 Å². The fourth-order valence-corrected chi connectivity index (χ4v) is 0.807. The zero-order valence-electron chi connectivity index (χ0n) is 7.94. The van der Waals surface area contributed by atoms with Gasteiger partial charge in [0.25, 0.3) is 0 Å². The number of ether oxygens (including phenoxy) is 1. The minimum absolute atomic E-state index is 0.0531. The summed E-state index contributed by atoms with van der Waals surface area (Å²) in [5.74, 6) is 0.673. The first kappa shape index (κ1) is 9.64. The minimum atomic E-state index is -0.0756. The van der Waals surface area contributed by atoms with Gasteiger partial charge >= 0.3 is 0 Å². The Bertz CT molecular complexity index is 293. The third-order valence-electron chi connectivity index (χ3n) is 1.61. The van der Waals surface area contributed by atoms with Gasteiger partial charge < -0.3 is 4.74 Å². The molecule has 4 heteroatoms. The summed E-state index contributed by atoms with van der Waals surface area (Å²) in [5.41, 5.74) is 0. The number of nitrogens with zero attached hydrogens (tertiary/aromatic N) is 2. The molecule has 0 bridgehead atoms. The predicted molar refractivity (Wildman–Crippen MR) is 47.8 cm³/mol. The van der Waals surface area contributed by atoms with Gasteiger partial charge in [-0.1, -0.05) is 13.8 Å². The van der Waals surface area contributed by atoms with Gasteiger partial charge in [0.15, 0.2) is 11.6 Å². The maximum atomic E-state index is 11.4. The predicted octanol–water partition coefficient (Wildman–Crippen LogP) is 1.32. The molecule has 0 atom stereocenters. The molecule has 0 N–H and O–H groups in total. The lowest BCUT2D eigenvalue weighted by Crippen LogP contribution is -2.11. The molecule has 13 heavy (non-hydrogen) atoms. The van der Waals surface area contributed by atoms with E-state index >= 15 is 0 Å². The second-order valence-corrected chi connectivity index (χ2v) is 2.97. The van der Waals surface area contributed by atoms with E-state index in [9.17, 15) is 4.79 Å². The van der Waals surface area contributed by atoms with Crippen LogP contribution in [0.5, 0.6) is 5.75 Å². The maximum Gasteiger partial charge on any atom is 0.202 e. The van der Waals surface area contributed by atoms with Gasteiger partial charge in [-0.3, -0.25) is 4.79 Å². The van der Waals surface area contributed by atoms with Crippen molar-refractivity contribution in [2.45, 2.75) is 13.8 Å².